The summed E-state index contributed by atoms with van der Waals surface area (Å²) in [6.45, 7) is 0. The number of alkyl halides is 1. The number of carbonyl (C=O) groups is 2. The van der Waals surface area contributed by atoms with E-state index in [9.17, 15) is 9.59 Å². The first kappa shape index (κ1) is 22.7. The number of nitrogens with two attached hydrogens (primary N) is 2. The van der Waals surface area contributed by atoms with E-state index < -0.39 is 12.1 Å². The van der Waals surface area contributed by atoms with Gasteiger partial charge in [0.15, 0.2) is 0 Å². The molecule has 0 aliphatic carbocycles. The maximum Gasteiger partial charge on any atom is 0.202 e. The van der Waals surface area contributed by atoms with E-state index in [2.05, 4.69) is 25.3 Å². The minimum atomic E-state index is -0.528. The zero-order valence-corrected chi connectivity index (χ0v) is 16.8. The molecule has 4 nitrogen and oxygen atoms in total. The Kier molecular flexibility index (Phi) is 10.6. The minimum Gasteiger partial charge on any atom is -0.320 e. The molecule has 0 aliphatic rings. The summed E-state index contributed by atoms with van der Waals surface area (Å²) >= 11 is 13.0. The molecular formula is C19H23ClN2O2S2. The first-order valence-electron chi connectivity index (χ1n) is 7.98. The summed E-state index contributed by atoms with van der Waals surface area (Å²) in [5, 5.41) is -0.551. The molecule has 26 heavy (non-hydrogen) atoms. The van der Waals surface area contributed by atoms with Gasteiger partial charge in [-0.25, -0.2) is 0 Å². The zero-order valence-electron chi connectivity index (χ0n) is 14.2. The molecule has 0 fully saturated rings. The third-order valence-corrected chi connectivity index (χ3v) is 4.54. The summed E-state index contributed by atoms with van der Waals surface area (Å²) in [6, 6.07) is 16.3. The highest BCUT2D eigenvalue weighted by Crippen LogP contribution is 2.09. The number of hydrogen-bond donors (Lipinski definition) is 4. The molecule has 140 valence electrons. The van der Waals surface area contributed by atoms with Gasteiger partial charge in [-0.1, -0.05) is 54.6 Å². The highest BCUT2D eigenvalue weighted by Gasteiger charge is 2.09. The molecule has 0 unspecified atom stereocenters. The smallest absolute Gasteiger partial charge is 0.202 e. The van der Waals surface area contributed by atoms with Crippen molar-refractivity contribution in [2.45, 2.75) is 30.8 Å². The van der Waals surface area contributed by atoms with Gasteiger partial charge in [-0.05, 0) is 29.5 Å². The third-order valence-electron chi connectivity index (χ3n) is 3.57. The standard InChI is InChI=1S/C10H12ClNOS.C9H11NOS/c11-6-8-3-1-7(2-4-8)5-9(12)10(13)14;10-8(9(11)12)6-7-4-2-1-3-5-7/h1-4,9H,5-6,12H2,(H,13,14);1-5,8H,6,10H2,(H,11,12)/t9-;8-/m00/s1. The maximum atomic E-state index is 10.8. The van der Waals surface area contributed by atoms with Gasteiger partial charge in [0.25, 0.3) is 0 Å². The lowest BCUT2D eigenvalue weighted by Gasteiger charge is -2.07. The van der Waals surface area contributed by atoms with Crippen LogP contribution >= 0.6 is 36.9 Å². The first-order chi connectivity index (χ1) is 12.3. The van der Waals surface area contributed by atoms with Crippen LogP contribution in [0.15, 0.2) is 54.6 Å². The monoisotopic (exact) mass is 410 g/mol. The number of carbonyl (C=O) groups excluding carboxylic acids is 2. The molecule has 7 heteroatoms. The summed E-state index contributed by atoms with van der Waals surface area (Å²) in [5.74, 6) is 0.498. The van der Waals surface area contributed by atoms with E-state index in [0.29, 0.717) is 18.7 Å². The molecule has 0 spiro atoms. The quantitative estimate of drug-likeness (QED) is 0.417. The van der Waals surface area contributed by atoms with Crippen LogP contribution in [0.4, 0.5) is 0 Å². The fourth-order valence-corrected chi connectivity index (χ4v) is 2.42. The molecule has 0 aromatic heterocycles. The molecule has 2 atom stereocenters. The van der Waals surface area contributed by atoms with Crippen molar-refractivity contribution in [3.8, 4) is 0 Å². The van der Waals surface area contributed by atoms with Gasteiger partial charge in [-0.3, -0.25) is 9.59 Å². The zero-order chi connectivity index (χ0) is 19.5. The Morgan fingerprint density at radius 3 is 1.54 bits per heavy atom. The molecule has 0 saturated carbocycles. The van der Waals surface area contributed by atoms with Crippen molar-refractivity contribution in [2.75, 3.05) is 0 Å². The van der Waals surface area contributed by atoms with E-state index in [-0.39, 0.29) is 10.2 Å². The molecule has 2 aromatic rings. The SMILES string of the molecule is N[C@@H](Cc1ccc(CCl)cc1)C(=O)S.N[C@@H](Cc1ccccc1)C(=O)S. The highest BCUT2D eigenvalue weighted by atomic mass is 35.5. The molecule has 4 N–H and O–H groups in total. The van der Waals surface area contributed by atoms with Crippen molar-refractivity contribution in [3.63, 3.8) is 0 Å². The Labute approximate surface area is 170 Å². The van der Waals surface area contributed by atoms with E-state index in [1.807, 2.05) is 54.6 Å². The predicted octanol–water partition coefficient (Wildman–Crippen LogP) is 2.76. The average Bonchev–Trinajstić information content (AvgIpc) is 2.63. The lowest BCUT2D eigenvalue weighted by Crippen LogP contribution is -2.29. The second-order valence-electron chi connectivity index (χ2n) is 5.73. The molecule has 0 aliphatic heterocycles. The van der Waals surface area contributed by atoms with Gasteiger partial charge in [-0.2, -0.15) is 0 Å². The Bertz CT molecular complexity index is 696. The summed E-state index contributed by atoms with van der Waals surface area (Å²) in [7, 11) is 0. The number of rotatable bonds is 7. The van der Waals surface area contributed by atoms with Crippen molar-refractivity contribution < 1.29 is 9.59 Å². The van der Waals surface area contributed by atoms with Crippen molar-refractivity contribution in [2.24, 2.45) is 11.5 Å². The second-order valence-corrected chi connectivity index (χ2v) is 6.88. The van der Waals surface area contributed by atoms with Crippen molar-refractivity contribution >= 4 is 47.1 Å². The molecule has 0 saturated heterocycles. The number of benzene rings is 2. The van der Waals surface area contributed by atoms with E-state index in [0.717, 1.165) is 16.7 Å². The lowest BCUT2D eigenvalue weighted by atomic mass is 10.1. The lowest BCUT2D eigenvalue weighted by molar-refractivity contribution is -0.112. The average molecular weight is 411 g/mol. The summed E-state index contributed by atoms with van der Waals surface area (Å²) in [4.78, 5) is 21.5. The molecule has 0 amide bonds. The van der Waals surface area contributed by atoms with Crippen molar-refractivity contribution in [1.29, 1.82) is 0 Å². The maximum absolute atomic E-state index is 10.8. The molecule has 0 heterocycles. The van der Waals surface area contributed by atoms with E-state index in [1.54, 1.807) is 0 Å². The topological polar surface area (TPSA) is 86.2 Å². The van der Waals surface area contributed by atoms with Gasteiger partial charge in [0.2, 0.25) is 10.2 Å². The largest absolute Gasteiger partial charge is 0.320 e. The highest BCUT2D eigenvalue weighted by molar-refractivity contribution is 7.97. The number of thiol groups is 2. The van der Waals surface area contributed by atoms with E-state index in [1.165, 1.54) is 0 Å². The molecular weight excluding hydrogens is 388 g/mol. The van der Waals surface area contributed by atoms with Crippen LogP contribution in [-0.4, -0.2) is 22.3 Å². The van der Waals surface area contributed by atoms with Crippen LogP contribution in [0.5, 0.6) is 0 Å². The summed E-state index contributed by atoms with van der Waals surface area (Å²) in [5.41, 5.74) is 14.2. The van der Waals surface area contributed by atoms with Crippen molar-refractivity contribution in [3.05, 3.63) is 71.3 Å². The Morgan fingerprint density at radius 2 is 1.15 bits per heavy atom. The molecule has 0 radical (unpaired) electrons. The fourth-order valence-electron chi connectivity index (χ4n) is 2.06. The summed E-state index contributed by atoms with van der Waals surface area (Å²) in [6.07, 6.45) is 1.08. The van der Waals surface area contributed by atoms with Crippen LogP contribution in [0, 0.1) is 0 Å². The van der Waals surface area contributed by atoms with Crippen LogP contribution in [0.1, 0.15) is 16.7 Å². The first-order valence-corrected chi connectivity index (χ1v) is 9.40. The van der Waals surface area contributed by atoms with Gasteiger partial charge < -0.3 is 11.5 Å². The van der Waals surface area contributed by atoms with Crippen LogP contribution in [0.25, 0.3) is 0 Å². The fraction of sp³-hybridized carbons (Fsp3) is 0.263. The van der Waals surface area contributed by atoms with E-state index >= 15 is 0 Å². The number of halogens is 1. The minimum absolute atomic E-state index is 0.265. The third kappa shape index (κ3) is 8.87. The van der Waals surface area contributed by atoms with Crippen molar-refractivity contribution in [1.82, 2.24) is 0 Å². The predicted molar refractivity (Wildman–Crippen MR) is 114 cm³/mol. The Hall–Kier alpha value is -1.31. The normalized spacial score (nSPS) is 12.5. The molecule has 0 bridgehead atoms. The Balaban J connectivity index is 0.000000263. The van der Waals surface area contributed by atoms with Gasteiger partial charge in [0, 0.05) is 5.88 Å². The van der Waals surface area contributed by atoms with Gasteiger partial charge in [-0.15, -0.1) is 36.9 Å². The van der Waals surface area contributed by atoms with Crippen LogP contribution in [-0.2, 0) is 28.3 Å². The second kappa shape index (κ2) is 12.1. The molecule has 2 rings (SSSR count). The summed E-state index contributed by atoms with van der Waals surface area (Å²) < 4.78 is 0. The van der Waals surface area contributed by atoms with Gasteiger partial charge in [0.1, 0.15) is 0 Å². The molecule has 2 aromatic carbocycles. The number of hydrogen-bond acceptors (Lipinski definition) is 4. The van der Waals surface area contributed by atoms with Crippen LogP contribution < -0.4 is 11.5 Å². The van der Waals surface area contributed by atoms with Gasteiger partial charge >= 0.3 is 0 Å². The van der Waals surface area contributed by atoms with E-state index in [4.69, 9.17) is 23.1 Å². The Morgan fingerprint density at radius 1 is 0.769 bits per heavy atom. The van der Waals surface area contributed by atoms with Crippen LogP contribution in [0.3, 0.4) is 0 Å². The van der Waals surface area contributed by atoms with Gasteiger partial charge in [0.05, 0.1) is 12.1 Å². The van der Waals surface area contributed by atoms with Crippen LogP contribution in [0.2, 0.25) is 0 Å².